The second-order valence-electron chi connectivity index (χ2n) is 5.70. The van der Waals surface area contributed by atoms with E-state index in [9.17, 15) is 20.0 Å². The number of aromatic nitrogens is 2. The molecule has 0 aliphatic carbocycles. The Labute approximate surface area is 158 Å². The average Bonchev–Trinajstić information content (AvgIpc) is 2.62. The first kappa shape index (κ1) is 18.4. The van der Waals surface area contributed by atoms with Gasteiger partial charge in [-0.05, 0) is 42.8 Å². The highest BCUT2D eigenvalue weighted by Crippen LogP contribution is 2.28. The molecular formula is C19H15N3O4S. The number of nitro groups is 1. The first-order chi connectivity index (χ1) is 12.9. The SMILES string of the molecule is Cc1ccc(Sc2ccc(/C=C/c3nc(O)c([N+](=O)[O-])c(=O)[nH]3)cc2)cc1. The minimum absolute atomic E-state index is 0.0289. The quantitative estimate of drug-likeness (QED) is 0.510. The Morgan fingerprint density at radius 1 is 1.07 bits per heavy atom. The molecule has 0 fully saturated rings. The van der Waals surface area contributed by atoms with E-state index < -0.39 is 22.0 Å². The summed E-state index contributed by atoms with van der Waals surface area (Å²) in [6.07, 6.45) is 3.15. The Hall–Kier alpha value is -3.39. The first-order valence-corrected chi connectivity index (χ1v) is 8.74. The lowest BCUT2D eigenvalue weighted by Gasteiger charge is -2.03. The highest BCUT2D eigenvalue weighted by Gasteiger charge is 2.21. The van der Waals surface area contributed by atoms with Gasteiger partial charge in [-0.15, -0.1) is 0 Å². The number of rotatable bonds is 5. The normalized spacial score (nSPS) is 11.0. The monoisotopic (exact) mass is 381 g/mol. The van der Waals surface area contributed by atoms with E-state index in [0.29, 0.717) is 0 Å². The third-order valence-electron chi connectivity index (χ3n) is 3.65. The summed E-state index contributed by atoms with van der Waals surface area (Å²) in [4.78, 5) is 29.4. The Morgan fingerprint density at radius 3 is 2.22 bits per heavy atom. The molecule has 0 atom stereocenters. The predicted octanol–water partition coefficient (Wildman–Crippen LogP) is 4.01. The van der Waals surface area contributed by atoms with Crippen molar-refractivity contribution in [3.05, 3.63) is 86.0 Å². The summed E-state index contributed by atoms with van der Waals surface area (Å²) in [5.74, 6) is -0.880. The van der Waals surface area contributed by atoms with E-state index in [0.717, 1.165) is 15.4 Å². The molecule has 136 valence electrons. The van der Waals surface area contributed by atoms with Gasteiger partial charge >= 0.3 is 11.2 Å². The largest absolute Gasteiger partial charge is 0.488 e. The van der Waals surface area contributed by atoms with Gasteiger partial charge in [0.25, 0.3) is 5.88 Å². The van der Waals surface area contributed by atoms with Crippen LogP contribution < -0.4 is 5.56 Å². The highest BCUT2D eigenvalue weighted by atomic mass is 32.2. The third-order valence-corrected chi connectivity index (χ3v) is 4.66. The van der Waals surface area contributed by atoms with Crippen LogP contribution in [0, 0.1) is 17.0 Å². The molecule has 1 heterocycles. The van der Waals surface area contributed by atoms with Crippen LogP contribution >= 0.6 is 11.8 Å². The minimum atomic E-state index is -1.00. The maximum atomic E-state index is 11.6. The lowest BCUT2D eigenvalue weighted by Crippen LogP contribution is -2.14. The molecule has 0 radical (unpaired) electrons. The van der Waals surface area contributed by atoms with Gasteiger partial charge < -0.3 is 10.1 Å². The summed E-state index contributed by atoms with van der Waals surface area (Å²) < 4.78 is 0. The van der Waals surface area contributed by atoms with Crippen molar-refractivity contribution in [2.24, 2.45) is 0 Å². The number of benzene rings is 2. The molecule has 0 saturated heterocycles. The molecule has 0 aliphatic heterocycles. The molecule has 0 amide bonds. The average molecular weight is 381 g/mol. The summed E-state index contributed by atoms with van der Waals surface area (Å²) in [7, 11) is 0. The molecule has 0 saturated carbocycles. The molecule has 7 nitrogen and oxygen atoms in total. The van der Waals surface area contributed by atoms with Gasteiger partial charge in [-0.2, -0.15) is 4.98 Å². The Bertz CT molecular complexity index is 1060. The number of nitrogens with zero attached hydrogens (tertiary/aromatic N) is 2. The van der Waals surface area contributed by atoms with Crippen LogP contribution in [0.25, 0.3) is 12.2 Å². The number of aromatic hydroxyl groups is 1. The van der Waals surface area contributed by atoms with Gasteiger partial charge in [0.1, 0.15) is 5.82 Å². The fourth-order valence-corrected chi connectivity index (χ4v) is 3.10. The molecule has 3 rings (SSSR count). The number of H-pyrrole nitrogens is 1. The van der Waals surface area contributed by atoms with Gasteiger partial charge in [0.05, 0.1) is 4.92 Å². The zero-order chi connectivity index (χ0) is 19.4. The van der Waals surface area contributed by atoms with E-state index >= 15 is 0 Å². The van der Waals surface area contributed by atoms with Gasteiger partial charge in [-0.1, -0.05) is 47.7 Å². The first-order valence-electron chi connectivity index (χ1n) is 7.93. The van der Waals surface area contributed by atoms with E-state index in [2.05, 4.69) is 34.2 Å². The van der Waals surface area contributed by atoms with Crippen molar-refractivity contribution in [1.82, 2.24) is 9.97 Å². The van der Waals surface area contributed by atoms with Crippen LogP contribution in [0.5, 0.6) is 5.88 Å². The van der Waals surface area contributed by atoms with Crippen LogP contribution in [0.3, 0.4) is 0 Å². The minimum Gasteiger partial charge on any atom is -0.488 e. The van der Waals surface area contributed by atoms with Crippen LogP contribution in [0.2, 0.25) is 0 Å². The van der Waals surface area contributed by atoms with Crippen molar-refractivity contribution in [2.75, 3.05) is 0 Å². The van der Waals surface area contributed by atoms with Crippen LogP contribution in [0.4, 0.5) is 5.69 Å². The second kappa shape index (κ2) is 7.88. The molecule has 3 aromatic rings. The lowest BCUT2D eigenvalue weighted by molar-refractivity contribution is -0.387. The molecule has 2 N–H and O–H groups in total. The molecule has 0 spiro atoms. The second-order valence-corrected chi connectivity index (χ2v) is 6.84. The Balaban J connectivity index is 1.73. The van der Waals surface area contributed by atoms with Crippen molar-refractivity contribution in [3.63, 3.8) is 0 Å². The van der Waals surface area contributed by atoms with Gasteiger partial charge in [0, 0.05) is 9.79 Å². The molecule has 1 aromatic heterocycles. The number of hydrogen-bond acceptors (Lipinski definition) is 6. The van der Waals surface area contributed by atoms with Crippen LogP contribution in [-0.2, 0) is 0 Å². The maximum absolute atomic E-state index is 11.6. The summed E-state index contributed by atoms with van der Waals surface area (Å²) in [6.45, 7) is 2.04. The van der Waals surface area contributed by atoms with Crippen molar-refractivity contribution in [2.45, 2.75) is 16.7 Å². The number of hydrogen-bond donors (Lipinski definition) is 2. The topological polar surface area (TPSA) is 109 Å². The number of aromatic amines is 1. The van der Waals surface area contributed by atoms with Crippen molar-refractivity contribution in [3.8, 4) is 5.88 Å². The van der Waals surface area contributed by atoms with E-state index in [1.165, 1.54) is 11.6 Å². The van der Waals surface area contributed by atoms with Gasteiger partial charge in [-0.3, -0.25) is 14.9 Å². The van der Waals surface area contributed by atoms with E-state index in [1.54, 1.807) is 17.8 Å². The van der Waals surface area contributed by atoms with E-state index in [-0.39, 0.29) is 5.82 Å². The van der Waals surface area contributed by atoms with Crippen molar-refractivity contribution in [1.29, 1.82) is 0 Å². The lowest BCUT2D eigenvalue weighted by atomic mass is 10.2. The molecule has 2 aromatic carbocycles. The van der Waals surface area contributed by atoms with Crippen LogP contribution in [0.1, 0.15) is 17.0 Å². The van der Waals surface area contributed by atoms with Crippen molar-refractivity contribution < 1.29 is 10.0 Å². The molecule has 8 heteroatoms. The maximum Gasteiger partial charge on any atom is 0.395 e. The van der Waals surface area contributed by atoms with Gasteiger partial charge in [0.2, 0.25) is 0 Å². The van der Waals surface area contributed by atoms with Crippen LogP contribution in [-0.4, -0.2) is 20.0 Å². The van der Waals surface area contributed by atoms with Crippen LogP contribution in [0.15, 0.2) is 63.1 Å². The number of nitrogens with one attached hydrogen (secondary N) is 1. The summed E-state index contributed by atoms with van der Waals surface area (Å²) in [6, 6.07) is 16.0. The number of aryl methyl sites for hydroxylation is 1. The molecule has 0 unspecified atom stereocenters. The van der Waals surface area contributed by atoms with E-state index in [4.69, 9.17) is 0 Å². The summed E-state index contributed by atoms with van der Waals surface area (Å²) >= 11 is 1.65. The predicted molar refractivity (Wildman–Crippen MR) is 104 cm³/mol. The van der Waals surface area contributed by atoms with Gasteiger partial charge in [-0.25, -0.2) is 0 Å². The molecule has 0 aliphatic rings. The summed E-state index contributed by atoms with van der Waals surface area (Å²) in [5.41, 5.74) is 0.0918. The van der Waals surface area contributed by atoms with Gasteiger partial charge in [0.15, 0.2) is 0 Å². The zero-order valence-corrected chi connectivity index (χ0v) is 15.1. The van der Waals surface area contributed by atoms with E-state index in [1.807, 2.05) is 31.2 Å². The summed E-state index contributed by atoms with van der Waals surface area (Å²) in [5, 5.41) is 20.2. The highest BCUT2D eigenvalue weighted by molar-refractivity contribution is 7.99. The third kappa shape index (κ3) is 4.62. The zero-order valence-electron chi connectivity index (χ0n) is 14.2. The van der Waals surface area contributed by atoms with Crippen molar-refractivity contribution >= 4 is 29.6 Å². The fourth-order valence-electron chi connectivity index (χ4n) is 2.28. The molecular weight excluding hydrogens is 366 g/mol. The fraction of sp³-hybridized carbons (Fsp3) is 0.0526. The smallest absolute Gasteiger partial charge is 0.395 e. The Kier molecular flexibility index (Phi) is 5.37. The molecule has 27 heavy (non-hydrogen) atoms. The molecule has 0 bridgehead atoms. The standard InChI is InChI=1S/C19H15N3O4S/c1-12-2-7-14(8-3-12)27-15-9-4-13(5-10-15)6-11-16-20-18(23)17(22(25)26)19(24)21-16/h2-11H,1H3,(H2,20,21,23,24)/b11-6+. The Morgan fingerprint density at radius 2 is 1.67 bits per heavy atom.